The van der Waals surface area contributed by atoms with Crippen molar-refractivity contribution in [2.24, 2.45) is 5.92 Å². The van der Waals surface area contributed by atoms with Crippen molar-refractivity contribution < 1.29 is 9.84 Å². The van der Waals surface area contributed by atoms with Gasteiger partial charge in [-0.25, -0.2) is 0 Å². The molecule has 18 heavy (non-hydrogen) atoms. The van der Waals surface area contributed by atoms with Crippen molar-refractivity contribution in [3.8, 4) is 0 Å². The highest BCUT2D eigenvalue weighted by molar-refractivity contribution is 4.95. The monoisotopic (exact) mass is 253 g/mol. The summed E-state index contributed by atoms with van der Waals surface area (Å²) >= 11 is 0. The predicted octanol–water partition coefficient (Wildman–Crippen LogP) is 2.18. The van der Waals surface area contributed by atoms with E-state index in [-0.39, 0.29) is 5.60 Å². The minimum Gasteiger partial charge on any atom is -0.396 e. The number of piperidine rings is 1. The predicted molar refractivity (Wildman–Crippen MR) is 71.6 cm³/mol. The molecule has 1 spiro atoms. The fourth-order valence-corrected chi connectivity index (χ4v) is 4.26. The first kappa shape index (κ1) is 12.9. The lowest BCUT2D eigenvalue weighted by atomic mass is 9.86. The first-order valence-electron chi connectivity index (χ1n) is 7.80. The van der Waals surface area contributed by atoms with Gasteiger partial charge >= 0.3 is 0 Å². The van der Waals surface area contributed by atoms with Crippen molar-refractivity contribution in [3.05, 3.63) is 0 Å². The number of hydrogen-bond donors (Lipinski definition) is 1. The van der Waals surface area contributed by atoms with Crippen LogP contribution in [0.25, 0.3) is 0 Å². The summed E-state index contributed by atoms with van der Waals surface area (Å²) in [6.07, 6.45) is 10.2. The molecule has 0 radical (unpaired) electrons. The normalized spacial score (nSPS) is 37.2. The Bertz CT molecular complexity index is 276. The highest BCUT2D eigenvalue weighted by atomic mass is 16.5. The van der Waals surface area contributed by atoms with Crippen molar-refractivity contribution in [2.45, 2.75) is 63.0 Å². The van der Waals surface area contributed by atoms with Crippen LogP contribution >= 0.6 is 0 Å². The van der Waals surface area contributed by atoms with E-state index in [9.17, 15) is 5.11 Å². The standard InChI is InChI=1S/C15H27NO2/c17-12-13-4-3-8-16(11-13)14-5-9-18-15(10-14)6-1-2-7-15/h13-14,17H,1-12H2. The lowest BCUT2D eigenvalue weighted by Gasteiger charge is -2.45. The summed E-state index contributed by atoms with van der Waals surface area (Å²) in [7, 11) is 0. The number of rotatable bonds is 2. The third-order valence-electron chi connectivity index (χ3n) is 5.31. The second kappa shape index (κ2) is 5.48. The van der Waals surface area contributed by atoms with Gasteiger partial charge in [-0.15, -0.1) is 0 Å². The maximum Gasteiger partial charge on any atom is 0.0697 e. The van der Waals surface area contributed by atoms with Crippen LogP contribution in [-0.4, -0.2) is 48.0 Å². The zero-order chi connectivity index (χ0) is 12.4. The first-order chi connectivity index (χ1) is 8.81. The largest absolute Gasteiger partial charge is 0.396 e. The molecule has 0 bridgehead atoms. The minimum absolute atomic E-state index is 0.231. The Kier molecular flexibility index (Phi) is 3.92. The number of likely N-dealkylation sites (tertiary alicyclic amines) is 1. The van der Waals surface area contributed by atoms with E-state index in [2.05, 4.69) is 4.90 Å². The highest BCUT2D eigenvalue weighted by Crippen LogP contribution is 2.41. The van der Waals surface area contributed by atoms with E-state index in [0.717, 1.165) is 13.2 Å². The SMILES string of the molecule is OCC1CCCN(C2CCOC3(CCCC3)C2)C1. The summed E-state index contributed by atoms with van der Waals surface area (Å²) in [5.41, 5.74) is 0.231. The average molecular weight is 253 g/mol. The molecular weight excluding hydrogens is 226 g/mol. The van der Waals surface area contributed by atoms with Crippen LogP contribution in [0.15, 0.2) is 0 Å². The van der Waals surface area contributed by atoms with Crippen LogP contribution in [0.1, 0.15) is 51.4 Å². The molecule has 1 aliphatic carbocycles. The maximum atomic E-state index is 9.36. The molecule has 1 N–H and O–H groups in total. The zero-order valence-electron chi connectivity index (χ0n) is 11.4. The second-order valence-electron chi connectivity index (χ2n) is 6.57. The maximum absolute atomic E-state index is 9.36. The molecule has 104 valence electrons. The van der Waals surface area contributed by atoms with Crippen LogP contribution in [0.3, 0.4) is 0 Å². The number of hydrogen-bond acceptors (Lipinski definition) is 3. The van der Waals surface area contributed by atoms with Crippen LogP contribution in [0.2, 0.25) is 0 Å². The van der Waals surface area contributed by atoms with Crippen LogP contribution in [0, 0.1) is 5.92 Å². The topological polar surface area (TPSA) is 32.7 Å². The summed E-state index contributed by atoms with van der Waals surface area (Å²) in [6.45, 7) is 3.66. The molecule has 3 heteroatoms. The van der Waals surface area contributed by atoms with Crippen molar-refractivity contribution in [1.29, 1.82) is 0 Å². The summed E-state index contributed by atoms with van der Waals surface area (Å²) in [6, 6.07) is 0.714. The van der Waals surface area contributed by atoms with E-state index in [1.54, 1.807) is 0 Å². The van der Waals surface area contributed by atoms with Crippen molar-refractivity contribution in [2.75, 3.05) is 26.3 Å². The number of aliphatic hydroxyl groups excluding tert-OH is 1. The molecule has 2 aliphatic heterocycles. The number of aliphatic hydroxyl groups is 1. The van der Waals surface area contributed by atoms with E-state index in [1.165, 1.54) is 57.9 Å². The molecular formula is C15H27NO2. The molecule has 3 rings (SSSR count). The van der Waals surface area contributed by atoms with Gasteiger partial charge in [0, 0.05) is 25.8 Å². The Balaban J connectivity index is 1.61. The molecule has 0 aromatic rings. The third kappa shape index (κ3) is 2.59. The fraction of sp³-hybridized carbons (Fsp3) is 1.00. The molecule has 0 aromatic heterocycles. The molecule has 3 nitrogen and oxygen atoms in total. The molecule has 2 saturated heterocycles. The summed E-state index contributed by atoms with van der Waals surface area (Å²) in [5.74, 6) is 0.515. The van der Waals surface area contributed by atoms with Crippen molar-refractivity contribution in [3.63, 3.8) is 0 Å². The highest BCUT2D eigenvalue weighted by Gasteiger charge is 2.41. The van der Waals surface area contributed by atoms with E-state index < -0.39 is 0 Å². The van der Waals surface area contributed by atoms with Gasteiger partial charge < -0.3 is 9.84 Å². The Morgan fingerprint density at radius 1 is 1.17 bits per heavy atom. The zero-order valence-corrected chi connectivity index (χ0v) is 11.4. The van der Waals surface area contributed by atoms with E-state index in [1.807, 2.05) is 0 Å². The summed E-state index contributed by atoms with van der Waals surface area (Å²) in [5, 5.41) is 9.36. The van der Waals surface area contributed by atoms with Gasteiger partial charge in [0.05, 0.1) is 5.60 Å². The second-order valence-corrected chi connectivity index (χ2v) is 6.57. The van der Waals surface area contributed by atoms with Crippen LogP contribution < -0.4 is 0 Å². The average Bonchev–Trinajstić information content (AvgIpc) is 2.87. The van der Waals surface area contributed by atoms with E-state index in [0.29, 0.717) is 18.6 Å². The fourth-order valence-electron chi connectivity index (χ4n) is 4.26. The van der Waals surface area contributed by atoms with Crippen molar-refractivity contribution >= 4 is 0 Å². The van der Waals surface area contributed by atoms with Gasteiger partial charge in [0.2, 0.25) is 0 Å². The molecule has 1 saturated carbocycles. The van der Waals surface area contributed by atoms with Gasteiger partial charge in [-0.2, -0.15) is 0 Å². The molecule has 0 aromatic carbocycles. The Labute approximate surface area is 110 Å². The van der Waals surface area contributed by atoms with Gasteiger partial charge in [0.25, 0.3) is 0 Å². The molecule has 3 fully saturated rings. The minimum atomic E-state index is 0.231. The summed E-state index contributed by atoms with van der Waals surface area (Å²) in [4.78, 5) is 2.65. The van der Waals surface area contributed by atoms with Crippen LogP contribution in [-0.2, 0) is 4.74 Å². The molecule has 0 amide bonds. The van der Waals surface area contributed by atoms with Gasteiger partial charge in [0.15, 0.2) is 0 Å². The number of ether oxygens (including phenoxy) is 1. The van der Waals surface area contributed by atoms with Gasteiger partial charge in [0.1, 0.15) is 0 Å². The quantitative estimate of drug-likeness (QED) is 0.819. The molecule has 3 aliphatic rings. The van der Waals surface area contributed by atoms with Crippen LogP contribution in [0.5, 0.6) is 0 Å². The Morgan fingerprint density at radius 3 is 2.78 bits per heavy atom. The van der Waals surface area contributed by atoms with Gasteiger partial charge in [-0.3, -0.25) is 4.90 Å². The Hall–Kier alpha value is -0.120. The van der Waals surface area contributed by atoms with E-state index >= 15 is 0 Å². The third-order valence-corrected chi connectivity index (χ3v) is 5.31. The van der Waals surface area contributed by atoms with Crippen LogP contribution in [0.4, 0.5) is 0 Å². The smallest absolute Gasteiger partial charge is 0.0697 e. The first-order valence-corrected chi connectivity index (χ1v) is 7.80. The Morgan fingerprint density at radius 2 is 2.00 bits per heavy atom. The molecule has 2 unspecified atom stereocenters. The van der Waals surface area contributed by atoms with Gasteiger partial charge in [-0.1, -0.05) is 12.8 Å². The van der Waals surface area contributed by atoms with E-state index in [4.69, 9.17) is 4.74 Å². The summed E-state index contributed by atoms with van der Waals surface area (Å²) < 4.78 is 6.12. The molecule has 2 heterocycles. The lowest BCUT2D eigenvalue weighted by molar-refractivity contribution is -0.106. The van der Waals surface area contributed by atoms with Gasteiger partial charge in [-0.05, 0) is 51.0 Å². The molecule has 2 atom stereocenters. The lowest BCUT2D eigenvalue weighted by Crippen LogP contribution is -2.50. The number of nitrogens with zero attached hydrogens (tertiary/aromatic N) is 1. The van der Waals surface area contributed by atoms with Crippen molar-refractivity contribution in [1.82, 2.24) is 4.90 Å².